The Morgan fingerprint density at radius 3 is 2.45 bits per heavy atom. The first-order chi connectivity index (χ1) is 9.45. The molecule has 20 heavy (non-hydrogen) atoms. The molecule has 1 amide bonds. The molecule has 0 spiro atoms. The van der Waals surface area contributed by atoms with Gasteiger partial charge in [-0.2, -0.15) is 0 Å². The van der Waals surface area contributed by atoms with Gasteiger partial charge in [-0.05, 0) is 31.6 Å². The van der Waals surface area contributed by atoms with E-state index in [2.05, 4.69) is 12.2 Å². The van der Waals surface area contributed by atoms with Gasteiger partial charge in [-0.15, -0.1) is 0 Å². The SMILES string of the molecule is CCC1CCCCC1OCC(=O)NC(C(C)=O)C(C)C. The van der Waals surface area contributed by atoms with Crippen LogP contribution in [0.15, 0.2) is 0 Å². The second kappa shape index (κ2) is 8.40. The van der Waals surface area contributed by atoms with Crippen molar-refractivity contribution in [2.24, 2.45) is 11.8 Å². The summed E-state index contributed by atoms with van der Waals surface area (Å²) in [5.41, 5.74) is 0. The summed E-state index contributed by atoms with van der Waals surface area (Å²) < 4.78 is 5.79. The maximum Gasteiger partial charge on any atom is 0.246 e. The van der Waals surface area contributed by atoms with Gasteiger partial charge >= 0.3 is 0 Å². The van der Waals surface area contributed by atoms with Crippen LogP contribution in [0, 0.1) is 11.8 Å². The molecule has 3 unspecified atom stereocenters. The van der Waals surface area contributed by atoms with E-state index < -0.39 is 6.04 Å². The Bertz CT molecular complexity index is 328. The highest BCUT2D eigenvalue weighted by molar-refractivity contribution is 5.88. The molecule has 4 heteroatoms. The first-order valence-corrected chi connectivity index (χ1v) is 7.87. The predicted molar refractivity (Wildman–Crippen MR) is 79.4 cm³/mol. The normalized spacial score (nSPS) is 24.4. The summed E-state index contributed by atoms with van der Waals surface area (Å²) in [6, 6.07) is -0.403. The van der Waals surface area contributed by atoms with E-state index in [1.807, 2.05) is 13.8 Å². The van der Waals surface area contributed by atoms with E-state index in [0.29, 0.717) is 5.92 Å². The second-order valence-electron chi connectivity index (χ2n) is 6.20. The highest BCUT2D eigenvalue weighted by atomic mass is 16.5. The number of rotatable bonds is 7. The predicted octanol–water partition coefficient (Wildman–Crippen LogP) is 2.70. The van der Waals surface area contributed by atoms with Crippen molar-refractivity contribution in [1.82, 2.24) is 5.32 Å². The number of Topliss-reactive ketones (excluding diaryl/α,β-unsaturated/α-hetero) is 1. The molecule has 1 aliphatic rings. The summed E-state index contributed by atoms with van der Waals surface area (Å²) in [7, 11) is 0. The minimum absolute atomic E-state index is 0.00236. The van der Waals surface area contributed by atoms with Crippen molar-refractivity contribution >= 4 is 11.7 Å². The minimum Gasteiger partial charge on any atom is -0.368 e. The van der Waals surface area contributed by atoms with E-state index in [1.54, 1.807) is 0 Å². The van der Waals surface area contributed by atoms with E-state index in [9.17, 15) is 9.59 Å². The van der Waals surface area contributed by atoms with Crippen LogP contribution in [0.3, 0.4) is 0 Å². The Balaban J connectivity index is 2.40. The van der Waals surface area contributed by atoms with Crippen LogP contribution in [0.4, 0.5) is 0 Å². The van der Waals surface area contributed by atoms with Gasteiger partial charge in [0.05, 0.1) is 12.1 Å². The third kappa shape index (κ3) is 5.23. The molecule has 1 saturated carbocycles. The van der Waals surface area contributed by atoms with Gasteiger partial charge in [0.25, 0.3) is 0 Å². The van der Waals surface area contributed by atoms with Gasteiger partial charge in [0.2, 0.25) is 5.91 Å². The van der Waals surface area contributed by atoms with E-state index >= 15 is 0 Å². The average Bonchev–Trinajstić information content (AvgIpc) is 2.42. The maximum absolute atomic E-state index is 11.9. The molecule has 0 radical (unpaired) electrons. The zero-order chi connectivity index (χ0) is 15.1. The Labute approximate surface area is 122 Å². The molecule has 0 heterocycles. The summed E-state index contributed by atoms with van der Waals surface area (Å²) in [4.78, 5) is 23.4. The zero-order valence-corrected chi connectivity index (χ0v) is 13.3. The number of amides is 1. The van der Waals surface area contributed by atoms with Crippen molar-refractivity contribution in [3.05, 3.63) is 0 Å². The van der Waals surface area contributed by atoms with Crippen LogP contribution in [0.1, 0.15) is 59.8 Å². The van der Waals surface area contributed by atoms with Crippen LogP contribution in [0.5, 0.6) is 0 Å². The number of carbonyl (C=O) groups is 2. The van der Waals surface area contributed by atoms with Gasteiger partial charge in [0.1, 0.15) is 6.61 Å². The molecule has 1 fully saturated rings. The molecule has 3 atom stereocenters. The molecular weight excluding hydrogens is 254 g/mol. The third-order valence-electron chi connectivity index (χ3n) is 4.21. The molecule has 0 aromatic heterocycles. The van der Waals surface area contributed by atoms with Gasteiger partial charge in [0.15, 0.2) is 5.78 Å². The molecule has 0 aromatic rings. The van der Waals surface area contributed by atoms with Crippen molar-refractivity contribution in [2.75, 3.05) is 6.61 Å². The molecule has 1 N–H and O–H groups in total. The summed E-state index contributed by atoms with van der Waals surface area (Å²) in [5, 5.41) is 2.77. The second-order valence-corrected chi connectivity index (χ2v) is 6.20. The summed E-state index contributed by atoms with van der Waals surface area (Å²) in [5.74, 6) is 0.497. The standard InChI is InChI=1S/C16H29NO3/c1-5-13-8-6-7-9-14(13)20-10-15(19)17-16(11(2)3)12(4)18/h11,13-14,16H,5-10H2,1-4H3,(H,17,19). The van der Waals surface area contributed by atoms with E-state index in [-0.39, 0.29) is 30.3 Å². The number of carbonyl (C=O) groups excluding carboxylic acids is 2. The van der Waals surface area contributed by atoms with Gasteiger partial charge in [0, 0.05) is 0 Å². The Hall–Kier alpha value is -0.900. The van der Waals surface area contributed by atoms with Gasteiger partial charge in [-0.1, -0.05) is 40.0 Å². The van der Waals surface area contributed by atoms with Crippen molar-refractivity contribution in [1.29, 1.82) is 0 Å². The third-order valence-corrected chi connectivity index (χ3v) is 4.21. The van der Waals surface area contributed by atoms with Crippen LogP contribution >= 0.6 is 0 Å². The number of hydrogen-bond acceptors (Lipinski definition) is 3. The van der Waals surface area contributed by atoms with Crippen LogP contribution in [0.2, 0.25) is 0 Å². The molecule has 1 aliphatic carbocycles. The van der Waals surface area contributed by atoms with Gasteiger partial charge in [-0.25, -0.2) is 0 Å². The van der Waals surface area contributed by atoms with Crippen molar-refractivity contribution < 1.29 is 14.3 Å². The summed E-state index contributed by atoms with van der Waals surface area (Å²) >= 11 is 0. The summed E-state index contributed by atoms with van der Waals surface area (Å²) in [6.45, 7) is 7.62. The quantitative estimate of drug-likeness (QED) is 0.781. The fraction of sp³-hybridized carbons (Fsp3) is 0.875. The number of hydrogen-bond donors (Lipinski definition) is 1. The zero-order valence-electron chi connectivity index (χ0n) is 13.3. The number of nitrogens with one attached hydrogen (secondary N) is 1. The molecular formula is C16H29NO3. The fourth-order valence-corrected chi connectivity index (χ4v) is 3.00. The van der Waals surface area contributed by atoms with E-state index in [1.165, 1.54) is 26.2 Å². The Kier molecular flexibility index (Phi) is 7.20. The van der Waals surface area contributed by atoms with Gasteiger partial charge < -0.3 is 10.1 Å². The Morgan fingerprint density at radius 1 is 1.25 bits per heavy atom. The van der Waals surface area contributed by atoms with Crippen LogP contribution in [-0.4, -0.2) is 30.4 Å². The molecule has 116 valence electrons. The lowest BCUT2D eigenvalue weighted by atomic mass is 9.85. The van der Waals surface area contributed by atoms with E-state index in [4.69, 9.17) is 4.74 Å². The Morgan fingerprint density at radius 2 is 1.90 bits per heavy atom. The molecule has 4 nitrogen and oxygen atoms in total. The first-order valence-electron chi connectivity index (χ1n) is 7.87. The molecule has 0 saturated heterocycles. The minimum atomic E-state index is -0.403. The van der Waals surface area contributed by atoms with Crippen LogP contribution in [0.25, 0.3) is 0 Å². The lowest BCUT2D eigenvalue weighted by molar-refractivity contribution is -0.134. The lowest BCUT2D eigenvalue weighted by Gasteiger charge is -2.30. The van der Waals surface area contributed by atoms with Crippen LogP contribution in [-0.2, 0) is 14.3 Å². The molecule has 0 bridgehead atoms. The van der Waals surface area contributed by atoms with Gasteiger partial charge in [-0.3, -0.25) is 9.59 Å². The highest BCUT2D eigenvalue weighted by Crippen LogP contribution is 2.28. The van der Waals surface area contributed by atoms with Crippen molar-refractivity contribution in [3.8, 4) is 0 Å². The van der Waals surface area contributed by atoms with E-state index in [0.717, 1.165) is 12.8 Å². The molecule has 1 rings (SSSR count). The maximum atomic E-state index is 11.9. The number of ketones is 1. The lowest BCUT2D eigenvalue weighted by Crippen LogP contribution is -2.45. The average molecular weight is 283 g/mol. The van der Waals surface area contributed by atoms with Crippen molar-refractivity contribution in [2.45, 2.75) is 71.9 Å². The summed E-state index contributed by atoms with van der Waals surface area (Å²) in [6.07, 6.45) is 6.01. The largest absolute Gasteiger partial charge is 0.368 e. The molecule has 0 aliphatic heterocycles. The number of ether oxygens (including phenoxy) is 1. The smallest absolute Gasteiger partial charge is 0.246 e. The fourth-order valence-electron chi connectivity index (χ4n) is 3.00. The monoisotopic (exact) mass is 283 g/mol. The molecule has 0 aromatic carbocycles. The van der Waals surface area contributed by atoms with Crippen molar-refractivity contribution in [3.63, 3.8) is 0 Å². The first kappa shape index (κ1) is 17.2. The van der Waals surface area contributed by atoms with Crippen LogP contribution < -0.4 is 5.32 Å². The highest BCUT2D eigenvalue weighted by Gasteiger charge is 2.26. The topological polar surface area (TPSA) is 55.4 Å².